The molecule has 5 heteroatoms. The van der Waals surface area contributed by atoms with E-state index in [1.165, 1.54) is 7.11 Å². The first-order chi connectivity index (χ1) is 8.08. The highest BCUT2D eigenvalue weighted by Crippen LogP contribution is 2.21. The van der Waals surface area contributed by atoms with E-state index >= 15 is 0 Å². The normalized spacial score (nSPS) is 11.9. The zero-order chi connectivity index (χ0) is 12.8. The Labute approximate surface area is 101 Å². The lowest BCUT2D eigenvalue weighted by atomic mass is 10.1. The molecule has 5 nitrogen and oxygen atoms in total. The second-order valence-corrected chi connectivity index (χ2v) is 3.79. The van der Waals surface area contributed by atoms with Gasteiger partial charge in [0.05, 0.1) is 30.7 Å². The van der Waals surface area contributed by atoms with E-state index in [1.807, 2.05) is 6.92 Å². The summed E-state index contributed by atoms with van der Waals surface area (Å²) in [6.07, 6.45) is 0. The molecule has 0 aromatic heterocycles. The molecule has 0 aliphatic rings. The second-order valence-electron chi connectivity index (χ2n) is 3.79. The van der Waals surface area contributed by atoms with E-state index in [4.69, 9.17) is 10.5 Å². The van der Waals surface area contributed by atoms with Crippen molar-refractivity contribution in [3.63, 3.8) is 0 Å². The Morgan fingerprint density at radius 3 is 2.71 bits per heavy atom. The maximum atomic E-state index is 11.3. The number of ether oxygens (including phenoxy) is 2. The summed E-state index contributed by atoms with van der Waals surface area (Å²) in [5, 5.41) is 3.19. The van der Waals surface area contributed by atoms with Crippen molar-refractivity contribution in [2.45, 2.75) is 13.0 Å². The van der Waals surface area contributed by atoms with Crippen LogP contribution in [0, 0.1) is 0 Å². The van der Waals surface area contributed by atoms with Crippen LogP contribution in [0.2, 0.25) is 0 Å². The molecule has 0 saturated carbocycles. The van der Waals surface area contributed by atoms with Gasteiger partial charge >= 0.3 is 5.97 Å². The fourth-order valence-electron chi connectivity index (χ4n) is 1.50. The first kappa shape index (κ1) is 13.3. The highest BCUT2D eigenvalue weighted by molar-refractivity contribution is 5.91. The van der Waals surface area contributed by atoms with Gasteiger partial charge in [0.1, 0.15) is 0 Å². The molecule has 0 amide bonds. The first-order valence-electron chi connectivity index (χ1n) is 5.31. The van der Waals surface area contributed by atoms with Crippen LogP contribution in [-0.2, 0) is 9.47 Å². The number of benzene rings is 1. The predicted octanol–water partition coefficient (Wildman–Crippen LogP) is 1.50. The van der Waals surface area contributed by atoms with Crippen LogP contribution in [0.25, 0.3) is 0 Å². The number of hydrogen-bond donors (Lipinski definition) is 2. The molecule has 1 aromatic rings. The molecule has 94 valence electrons. The van der Waals surface area contributed by atoms with E-state index in [1.54, 1.807) is 25.3 Å². The van der Waals surface area contributed by atoms with E-state index in [0.29, 0.717) is 17.9 Å². The van der Waals surface area contributed by atoms with Crippen LogP contribution in [0.5, 0.6) is 0 Å². The number of nitrogens with one attached hydrogen (secondary N) is 1. The molecule has 0 aliphatic heterocycles. The molecule has 0 aliphatic carbocycles. The van der Waals surface area contributed by atoms with E-state index < -0.39 is 5.97 Å². The molecular formula is C12H18N2O3. The van der Waals surface area contributed by atoms with Crippen LogP contribution < -0.4 is 11.1 Å². The summed E-state index contributed by atoms with van der Waals surface area (Å²) in [6, 6.07) is 5.16. The molecule has 3 N–H and O–H groups in total. The summed E-state index contributed by atoms with van der Waals surface area (Å²) < 4.78 is 9.63. The molecule has 0 fully saturated rings. The second kappa shape index (κ2) is 6.10. The fourth-order valence-corrected chi connectivity index (χ4v) is 1.50. The average molecular weight is 238 g/mol. The number of carbonyl (C=O) groups excluding carboxylic acids is 1. The minimum Gasteiger partial charge on any atom is -0.465 e. The van der Waals surface area contributed by atoms with Crippen molar-refractivity contribution < 1.29 is 14.3 Å². The van der Waals surface area contributed by atoms with Crippen molar-refractivity contribution in [3.8, 4) is 0 Å². The zero-order valence-electron chi connectivity index (χ0n) is 10.3. The van der Waals surface area contributed by atoms with Crippen LogP contribution in [0.4, 0.5) is 11.4 Å². The standard InChI is InChI=1S/C12H18N2O3/c1-8(7-16-2)14-11-5-4-9(6-10(11)13)12(15)17-3/h4-6,8,14H,7,13H2,1-3H3. The Bertz CT molecular complexity index is 393. The number of anilines is 2. The van der Waals surface area contributed by atoms with Crippen molar-refractivity contribution in [3.05, 3.63) is 23.8 Å². The molecular weight excluding hydrogens is 220 g/mol. The maximum absolute atomic E-state index is 11.3. The fraction of sp³-hybridized carbons (Fsp3) is 0.417. The molecule has 1 rings (SSSR count). The number of nitrogens with two attached hydrogens (primary N) is 1. The topological polar surface area (TPSA) is 73.6 Å². The van der Waals surface area contributed by atoms with Crippen molar-refractivity contribution in [1.29, 1.82) is 0 Å². The van der Waals surface area contributed by atoms with Gasteiger partial charge in [0.2, 0.25) is 0 Å². The lowest BCUT2D eigenvalue weighted by Crippen LogP contribution is -2.21. The Kier molecular flexibility index (Phi) is 4.78. The van der Waals surface area contributed by atoms with E-state index in [9.17, 15) is 4.79 Å². The van der Waals surface area contributed by atoms with Gasteiger partial charge in [0, 0.05) is 13.2 Å². The van der Waals surface area contributed by atoms with Gasteiger partial charge in [0.15, 0.2) is 0 Å². The van der Waals surface area contributed by atoms with Crippen molar-refractivity contribution in [1.82, 2.24) is 0 Å². The Morgan fingerprint density at radius 1 is 1.47 bits per heavy atom. The van der Waals surface area contributed by atoms with E-state index in [2.05, 4.69) is 10.1 Å². The Balaban J connectivity index is 2.79. The van der Waals surface area contributed by atoms with Crippen LogP contribution in [0.1, 0.15) is 17.3 Å². The zero-order valence-corrected chi connectivity index (χ0v) is 10.3. The summed E-state index contributed by atoms with van der Waals surface area (Å²) in [5.41, 5.74) is 7.58. The molecule has 17 heavy (non-hydrogen) atoms. The van der Waals surface area contributed by atoms with Gasteiger partial charge in [-0.15, -0.1) is 0 Å². The van der Waals surface area contributed by atoms with Crippen LogP contribution >= 0.6 is 0 Å². The van der Waals surface area contributed by atoms with Gasteiger partial charge in [-0.3, -0.25) is 0 Å². The number of carbonyl (C=O) groups is 1. The van der Waals surface area contributed by atoms with E-state index in [0.717, 1.165) is 5.69 Å². The van der Waals surface area contributed by atoms with Gasteiger partial charge in [-0.1, -0.05) is 0 Å². The summed E-state index contributed by atoms with van der Waals surface area (Å²) in [6.45, 7) is 2.56. The lowest BCUT2D eigenvalue weighted by molar-refractivity contribution is 0.0601. The molecule has 0 bridgehead atoms. The highest BCUT2D eigenvalue weighted by Gasteiger charge is 2.09. The van der Waals surface area contributed by atoms with Gasteiger partial charge in [-0.2, -0.15) is 0 Å². The third-order valence-corrected chi connectivity index (χ3v) is 2.29. The Morgan fingerprint density at radius 2 is 2.18 bits per heavy atom. The average Bonchev–Trinajstić information content (AvgIpc) is 2.31. The minimum absolute atomic E-state index is 0.145. The smallest absolute Gasteiger partial charge is 0.337 e. The molecule has 1 atom stereocenters. The molecule has 0 heterocycles. The summed E-state index contributed by atoms with van der Waals surface area (Å²) in [4.78, 5) is 11.3. The third kappa shape index (κ3) is 3.64. The van der Waals surface area contributed by atoms with Gasteiger partial charge < -0.3 is 20.5 Å². The monoisotopic (exact) mass is 238 g/mol. The van der Waals surface area contributed by atoms with Crippen LogP contribution in [0.3, 0.4) is 0 Å². The Hall–Kier alpha value is -1.75. The van der Waals surface area contributed by atoms with Gasteiger partial charge in [0.25, 0.3) is 0 Å². The number of hydrogen-bond acceptors (Lipinski definition) is 5. The molecule has 1 aromatic carbocycles. The summed E-state index contributed by atoms with van der Waals surface area (Å²) >= 11 is 0. The van der Waals surface area contributed by atoms with Crippen molar-refractivity contribution in [2.75, 3.05) is 31.9 Å². The molecule has 0 saturated heterocycles. The largest absolute Gasteiger partial charge is 0.465 e. The summed E-state index contributed by atoms with van der Waals surface area (Å²) in [5.74, 6) is -0.395. The highest BCUT2D eigenvalue weighted by atomic mass is 16.5. The SMILES string of the molecule is COCC(C)Nc1ccc(C(=O)OC)cc1N. The van der Waals surface area contributed by atoms with Crippen LogP contribution in [-0.4, -0.2) is 32.8 Å². The number of esters is 1. The maximum Gasteiger partial charge on any atom is 0.337 e. The van der Waals surface area contributed by atoms with Gasteiger partial charge in [-0.05, 0) is 25.1 Å². The third-order valence-electron chi connectivity index (χ3n) is 2.29. The molecule has 0 spiro atoms. The van der Waals surface area contributed by atoms with Gasteiger partial charge in [-0.25, -0.2) is 4.79 Å². The first-order valence-corrected chi connectivity index (χ1v) is 5.31. The molecule has 1 unspecified atom stereocenters. The number of nitrogen functional groups attached to an aromatic ring is 1. The number of rotatable bonds is 5. The molecule has 0 radical (unpaired) electrons. The number of methoxy groups -OCH3 is 2. The predicted molar refractivity (Wildman–Crippen MR) is 67.2 cm³/mol. The summed E-state index contributed by atoms with van der Waals surface area (Å²) in [7, 11) is 2.98. The minimum atomic E-state index is -0.395. The quantitative estimate of drug-likeness (QED) is 0.600. The van der Waals surface area contributed by atoms with Crippen molar-refractivity contribution in [2.24, 2.45) is 0 Å². The van der Waals surface area contributed by atoms with E-state index in [-0.39, 0.29) is 6.04 Å². The lowest BCUT2D eigenvalue weighted by Gasteiger charge is -2.16. The van der Waals surface area contributed by atoms with Crippen molar-refractivity contribution >= 4 is 17.3 Å². The van der Waals surface area contributed by atoms with Crippen LogP contribution in [0.15, 0.2) is 18.2 Å².